The molecule has 146 valence electrons. The number of nitrogens with zero attached hydrogens (tertiary/aromatic N) is 3. The van der Waals surface area contributed by atoms with Crippen molar-refractivity contribution in [1.29, 1.82) is 0 Å². The Morgan fingerprint density at radius 2 is 2.00 bits per heavy atom. The zero-order valence-corrected chi connectivity index (χ0v) is 17.2. The number of amides is 1. The molecule has 0 aliphatic rings. The van der Waals surface area contributed by atoms with Gasteiger partial charge in [-0.15, -0.1) is 10.2 Å². The summed E-state index contributed by atoms with van der Waals surface area (Å²) in [7, 11) is 0. The molecule has 0 radical (unpaired) electrons. The molecule has 0 aliphatic heterocycles. The standard InChI is InChI=1S/C20H21ClN4O2S/c1-3-25-19(14(2)27-17-11-7-8-15(21)12-17)23-24-20(25)28-13-18(26)22-16-9-5-4-6-10-16/h4-12,14H,3,13H2,1-2H3,(H,22,26). The van der Waals surface area contributed by atoms with Gasteiger partial charge in [-0.1, -0.05) is 47.6 Å². The number of aromatic nitrogens is 3. The predicted molar refractivity (Wildman–Crippen MR) is 112 cm³/mol. The van der Waals surface area contributed by atoms with Crippen LogP contribution >= 0.6 is 23.4 Å². The molecule has 0 saturated carbocycles. The minimum atomic E-state index is -0.307. The third kappa shape index (κ3) is 5.27. The van der Waals surface area contributed by atoms with E-state index in [1.54, 1.807) is 12.1 Å². The van der Waals surface area contributed by atoms with E-state index in [1.807, 2.05) is 60.9 Å². The lowest BCUT2D eigenvalue weighted by Gasteiger charge is -2.15. The average molecular weight is 417 g/mol. The Hall–Kier alpha value is -2.51. The lowest BCUT2D eigenvalue weighted by atomic mass is 10.3. The molecule has 0 aliphatic carbocycles. The van der Waals surface area contributed by atoms with Gasteiger partial charge >= 0.3 is 0 Å². The Balaban J connectivity index is 1.63. The summed E-state index contributed by atoms with van der Waals surface area (Å²) in [5.41, 5.74) is 0.772. The monoisotopic (exact) mass is 416 g/mol. The van der Waals surface area contributed by atoms with Gasteiger partial charge in [-0.05, 0) is 44.2 Å². The largest absolute Gasteiger partial charge is 0.483 e. The fraction of sp³-hybridized carbons (Fsp3) is 0.250. The molecule has 1 unspecified atom stereocenters. The zero-order valence-electron chi connectivity index (χ0n) is 15.6. The number of carbonyl (C=O) groups is 1. The quantitative estimate of drug-likeness (QED) is 0.533. The summed E-state index contributed by atoms with van der Waals surface area (Å²) < 4.78 is 7.90. The van der Waals surface area contributed by atoms with Crippen LogP contribution in [0.15, 0.2) is 59.8 Å². The second-order valence-electron chi connectivity index (χ2n) is 6.01. The number of para-hydroxylation sites is 1. The van der Waals surface area contributed by atoms with Crippen LogP contribution in [0.3, 0.4) is 0 Å². The molecule has 6 nitrogen and oxygen atoms in total. The highest BCUT2D eigenvalue weighted by Gasteiger charge is 2.19. The number of anilines is 1. The van der Waals surface area contributed by atoms with Gasteiger partial charge in [-0.3, -0.25) is 4.79 Å². The summed E-state index contributed by atoms with van der Waals surface area (Å²) in [6, 6.07) is 16.6. The van der Waals surface area contributed by atoms with Crippen molar-refractivity contribution in [2.45, 2.75) is 31.7 Å². The van der Waals surface area contributed by atoms with E-state index in [0.717, 1.165) is 5.69 Å². The van der Waals surface area contributed by atoms with Gasteiger partial charge in [0.2, 0.25) is 5.91 Å². The molecule has 0 bridgehead atoms. The SMILES string of the molecule is CCn1c(SCC(=O)Nc2ccccc2)nnc1C(C)Oc1cccc(Cl)c1. The van der Waals surface area contributed by atoms with E-state index in [2.05, 4.69) is 15.5 Å². The first-order valence-corrected chi connectivity index (χ1v) is 10.3. The third-order valence-electron chi connectivity index (χ3n) is 3.92. The Kier molecular flexibility index (Phi) is 6.95. The van der Waals surface area contributed by atoms with E-state index >= 15 is 0 Å². The van der Waals surface area contributed by atoms with Gasteiger partial charge < -0.3 is 14.6 Å². The van der Waals surface area contributed by atoms with E-state index in [1.165, 1.54) is 11.8 Å². The molecule has 1 amide bonds. The Morgan fingerprint density at radius 1 is 1.21 bits per heavy atom. The summed E-state index contributed by atoms with van der Waals surface area (Å²) in [6.07, 6.45) is -0.307. The second kappa shape index (κ2) is 9.61. The lowest BCUT2D eigenvalue weighted by molar-refractivity contribution is -0.113. The maximum absolute atomic E-state index is 12.2. The first-order valence-electron chi connectivity index (χ1n) is 8.90. The highest BCUT2D eigenvalue weighted by atomic mass is 35.5. The predicted octanol–water partition coefficient (Wildman–Crippen LogP) is 4.82. The van der Waals surface area contributed by atoms with Crippen molar-refractivity contribution >= 4 is 35.0 Å². The maximum Gasteiger partial charge on any atom is 0.234 e. The summed E-state index contributed by atoms with van der Waals surface area (Å²) in [6.45, 7) is 4.59. The lowest BCUT2D eigenvalue weighted by Crippen LogP contribution is -2.15. The Morgan fingerprint density at radius 3 is 2.71 bits per heavy atom. The first kappa shape index (κ1) is 20.2. The maximum atomic E-state index is 12.2. The first-order chi connectivity index (χ1) is 13.6. The number of rotatable bonds is 8. The van der Waals surface area contributed by atoms with E-state index in [0.29, 0.717) is 28.3 Å². The highest BCUT2D eigenvalue weighted by Crippen LogP contribution is 2.26. The number of thioether (sulfide) groups is 1. The molecule has 0 fully saturated rings. The van der Waals surface area contributed by atoms with Crippen LogP contribution in [-0.4, -0.2) is 26.4 Å². The van der Waals surface area contributed by atoms with Crippen LogP contribution in [0.1, 0.15) is 25.8 Å². The van der Waals surface area contributed by atoms with Crippen molar-refractivity contribution in [3.05, 3.63) is 65.4 Å². The molecule has 1 heterocycles. The van der Waals surface area contributed by atoms with Gasteiger partial charge in [0.05, 0.1) is 5.75 Å². The van der Waals surface area contributed by atoms with E-state index < -0.39 is 0 Å². The fourth-order valence-corrected chi connectivity index (χ4v) is 3.64. The molecule has 1 N–H and O–H groups in total. The number of ether oxygens (including phenoxy) is 1. The van der Waals surface area contributed by atoms with Crippen LogP contribution in [0.2, 0.25) is 5.02 Å². The molecular formula is C20H21ClN4O2S. The van der Waals surface area contributed by atoms with Gasteiger partial charge in [-0.25, -0.2) is 0 Å². The third-order valence-corrected chi connectivity index (χ3v) is 5.13. The molecule has 3 aromatic rings. The molecule has 1 aromatic heterocycles. The van der Waals surface area contributed by atoms with Crippen molar-refractivity contribution in [3.8, 4) is 5.75 Å². The van der Waals surface area contributed by atoms with Crippen molar-refractivity contribution in [1.82, 2.24) is 14.8 Å². The molecule has 28 heavy (non-hydrogen) atoms. The second-order valence-corrected chi connectivity index (χ2v) is 7.38. The smallest absolute Gasteiger partial charge is 0.234 e. The molecule has 0 spiro atoms. The van der Waals surface area contributed by atoms with Crippen LogP contribution in [0, 0.1) is 0 Å². The van der Waals surface area contributed by atoms with Gasteiger partial charge in [0.25, 0.3) is 0 Å². The number of carbonyl (C=O) groups excluding carboxylic acids is 1. The van der Waals surface area contributed by atoms with Crippen LogP contribution in [-0.2, 0) is 11.3 Å². The minimum Gasteiger partial charge on any atom is -0.483 e. The van der Waals surface area contributed by atoms with Gasteiger partial charge in [0, 0.05) is 17.3 Å². The van der Waals surface area contributed by atoms with Gasteiger partial charge in [0.1, 0.15) is 5.75 Å². The highest BCUT2D eigenvalue weighted by molar-refractivity contribution is 7.99. The van der Waals surface area contributed by atoms with Crippen LogP contribution < -0.4 is 10.1 Å². The van der Waals surface area contributed by atoms with Gasteiger partial charge in [-0.2, -0.15) is 0 Å². The number of benzene rings is 2. The van der Waals surface area contributed by atoms with Crippen LogP contribution in [0.5, 0.6) is 5.75 Å². The van der Waals surface area contributed by atoms with Crippen molar-refractivity contribution in [2.24, 2.45) is 0 Å². The van der Waals surface area contributed by atoms with Crippen molar-refractivity contribution in [2.75, 3.05) is 11.1 Å². The number of halogens is 1. The molecule has 0 saturated heterocycles. The summed E-state index contributed by atoms with van der Waals surface area (Å²) >= 11 is 7.36. The van der Waals surface area contributed by atoms with Crippen LogP contribution in [0.25, 0.3) is 0 Å². The van der Waals surface area contributed by atoms with Crippen molar-refractivity contribution in [3.63, 3.8) is 0 Å². The number of hydrogen-bond acceptors (Lipinski definition) is 5. The minimum absolute atomic E-state index is 0.0911. The van der Waals surface area contributed by atoms with E-state index in [4.69, 9.17) is 16.3 Å². The summed E-state index contributed by atoms with van der Waals surface area (Å²) in [5.74, 6) is 1.53. The van der Waals surface area contributed by atoms with E-state index in [9.17, 15) is 4.79 Å². The summed E-state index contributed by atoms with van der Waals surface area (Å²) in [5, 5.41) is 12.7. The van der Waals surface area contributed by atoms with Gasteiger partial charge in [0.15, 0.2) is 17.1 Å². The average Bonchev–Trinajstić information content (AvgIpc) is 3.10. The van der Waals surface area contributed by atoms with Crippen LogP contribution in [0.4, 0.5) is 5.69 Å². The molecular weight excluding hydrogens is 396 g/mol. The molecule has 8 heteroatoms. The zero-order chi connectivity index (χ0) is 19.9. The number of nitrogens with one attached hydrogen (secondary N) is 1. The Bertz CT molecular complexity index is 933. The molecule has 2 aromatic carbocycles. The normalized spacial score (nSPS) is 11.8. The molecule has 1 atom stereocenters. The topological polar surface area (TPSA) is 69.0 Å². The summed E-state index contributed by atoms with van der Waals surface area (Å²) in [4.78, 5) is 12.2. The Labute approximate surface area is 173 Å². The fourth-order valence-electron chi connectivity index (χ4n) is 2.65. The number of hydrogen-bond donors (Lipinski definition) is 1. The van der Waals surface area contributed by atoms with Crippen molar-refractivity contribution < 1.29 is 9.53 Å². The molecule has 3 rings (SSSR count). The van der Waals surface area contributed by atoms with E-state index in [-0.39, 0.29) is 17.8 Å².